The summed E-state index contributed by atoms with van der Waals surface area (Å²) in [6, 6.07) is 3.74. The molecule has 1 saturated heterocycles. The fraction of sp³-hybridized carbons (Fsp3) is 0.444. The van der Waals surface area contributed by atoms with Crippen LogP contribution in [-0.2, 0) is 20.9 Å². The molecule has 0 saturated carbocycles. The van der Waals surface area contributed by atoms with Gasteiger partial charge in [-0.25, -0.2) is 9.37 Å². The number of carbonyl (C=O) groups excluding carboxylic acids is 2. The average Bonchev–Trinajstić information content (AvgIpc) is 2.64. The second-order valence-electron chi connectivity index (χ2n) is 6.25. The van der Waals surface area contributed by atoms with Crippen molar-refractivity contribution in [1.82, 2.24) is 14.5 Å². The number of fused-ring (bicyclic) bond motifs is 1. The van der Waals surface area contributed by atoms with Gasteiger partial charge in [0.2, 0.25) is 5.91 Å². The summed E-state index contributed by atoms with van der Waals surface area (Å²) in [7, 11) is 0. The molecule has 2 heterocycles. The van der Waals surface area contributed by atoms with Crippen molar-refractivity contribution in [3.63, 3.8) is 0 Å². The fourth-order valence-corrected chi connectivity index (χ4v) is 3.11. The van der Waals surface area contributed by atoms with Crippen molar-refractivity contribution < 1.29 is 18.7 Å². The number of hydrogen-bond acceptors (Lipinski definition) is 5. The van der Waals surface area contributed by atoms with Crippen LogP contribution < -0.4 is 5.56 Å². The standard InChI is InChI=1S/C18H20FN3O4/c1-2-26-18(25)12-5-7-21(8-6-12)16(23)10-22-11-20-15-9-13(19)3-4-14(15)17(22)24/h3-4,9,11-12H,2,5-8,10H2,1H3. The highest BCUT2D eigenvalue weighted by Crippen LogP contribution is 2.19. The molecule has 8 heteroatoms. The van der Waals surface area contributed by atoms with Crippen molar-refractivity contribution >= 4 is 22.8 Å². The van der Waals surface area contributed by atoms with Gasteiger partial charge in [-0.2, -0.15) is 0 Å². The Labute approximate surface area is 149 Å². The molecule has 1 aliphatic heterocycles. The van der Waals surface area contributed by atoms with Gasteiger partial charge in [-0.05, 0) is 31.9 Å². The van der Waals surface area contributed by atoms with E-state index < -0.39 is 5.82 Å². The van der Waals surface area contributed by atoms with E-state index in [2.05, 4.69) is 4.98 Å². The van der Waals surface area contributed by atoms with Crippen LogP contribution in [-0.4, -0.2) is 46.0 Å². The molecule has 0 bridgehead atoms. The Balaban J connectivity index is 1.67. The van der Waals surface area contributed by atoms with Gasteiger partial charge < -0.3 is 9.64 Å². The number of esters is 1. The summed E-state index contributed by atoms with van der Waals surface area (Å²) in [5.41, 5.74) is -0.126. The topological polar surface area (TPSA) is 81.5 Å². The molecule has 7 nitrogen and oxygen atoms in total. The third-order valence-electron chi connectivity index (χ3n) is 4.56. The highest BCUT2D eigenvalue weighted by Gasteiger charge is 2.28. The maximum atomic E-state index is 13.2. The number of amides is 1. The van der Waals surface area contributed by atoms with Gasteiger partial charge in [0, 0.05) is 19.2 Å². The molecule has 138 valence electrons. The summed E-state index contributed by atoms with van der Waals surface area (Å²) >= 11 is 0. The molecule has 3 rings (SSSR count). The van der Waals surface area contributed by atoms with Crippen LogP contribution in [0.2, 0.25) is 0 Å². The van der Waals surface area contributed by atoms with Gasteiger partial charge in [0.15, 0.2) is 0 Å². The Morgan fingerprint density at radius 2 is 2.04 bits per heavy atom. The lowest BCUT2D eigenvalue weighted by Gasteiger charge is -2.31. The van der Waals surface area contributed by atoms with E-state index in [1.54, 1.807) is 11.8 Å². The number of ether oxygens (including phenoxy) is 1. The summed E-state index contributed by atoms with van der Waals surface area (Å²) in [6.07, 6.45) is 2.36. The largest absolute Gasteiger partial charge is 0.466 e. The molecule has 0 unspecified atom stereocenters. The number of nitrogens with zero attached hydrogens (tertiary/aromatic N) is 3. The smallest absolute Gasteiger partial charge is 0.309 e. The minimum absolute atomic E-state index is 0.136. The van der Waals surface area contributed by atoms with Crippen LogP contribution >= 0.6 is 0 Å². The third-order valence-corrected chi connectivity index (χ3v) is 4.56. The first-order chi connectivity index (χ1) is 12.5. The van der Waals surface area contributed by atoms with Crippen molar-refractivity contribution in [3.8, 4) is 0 Å². The molecule has 1 aliphatic rings. The van der Waals surface area contributed by atoms with Gasteiger partial charge >= 0.3 is 5.97 Å². The third kappa shape index (κ3) is 3.74. The van der Waals surface area contributed by atoms with E-state index in [1.165, 1.54) is 29.1 Å². The quantitative estimate of drug-likeness (QED) is 0.768. The minimum atomic E-state index is -0.470. The van der Waals surface area contributed by atoms with Crippen molar-refractivity contribution in [2.75, 3.05) is 19.7 Å². The van der Waals surface area contributed by atoms with Crippen molar-refractivity contribution in [3.05, 3.63) is 40.7 Å². The van der Waals surface area contributed by atoms with Crippen LogP contribution in [0.4, 0.5) is 4.39 Å². The molecular formula is C18H20FN3O4. The summed E-state index contributed by atoms with van der Waals surface area (Å²) in [6.45, 7) is 2.87. The summed E-state index contributed by atoms with van der Waals surface area (Å²) in [5.74, 6) is -1.08. The summed E-state index contributed by atoms with van der Waals surface area (Å²) in [4.78, 5) is 42.4. The van der Waals surface area contributed by atoms with E-state index in [0.717, 1.165) is 0 Å². The van der Waals surface area contributed by atoms with Crippen LogP contribution in [0.3, 0.4) is 0 Å². The van der Waals surface area contributed by atoms with Crippen molar-refractivity contribution in [2.45, 2.75) is 26.3 Å². The predicted molar refractivity (Wildman–Crippen MR) is 91.9 cm³/mol. The Hall–Kier alpha value is -2.77. The first kappa shape index (κ1) is 18.0. The maximum absolute atomic E-state index is 13.2. The lowest BCUT2D eigenvalue weighted by molar-refractivity contribution is -0.151. The molecule has 0 aliphatic carbocycles. The first-order valence-corrected chi connectivity index (χ1v) is 8.58. The van der Waals surface area contributed by atoms with E-state index in [1.807, 2.05) is 0 Å². The Bertz CT molecular complexity index is 888. The van der Waals surface area contributed by atoms with Crippen molar-refractivity contribution in [2.24, 2.45) is 5.92 Å². The van der Waals surface area contributed by atoms with Crippen molar-refractivity contribution in [1.29, 1.82) is 0 Å². The number of aromatic nitrogens is 2. The van der Waals surface area contributed by atoms with Gasteiger partial charge in [0.1, 0.15) is 12.4 Å². The Morgan fingerprint density at radius 1 is 1.31 bits per heavy atom. The number of likely N-dealkylation sites (tertiary alicyclic amines) is 1. The normalized spacial score (nSPS) is 15.2. The fourth-order valence-electron chi connectivity index (χ4n) is 3.11. The molecule has 0 N–H and O–H groups in total. The van der Waals surface area contributed by atoms with Crippen LogP contribution in [0.25, 0.3) is 10.9 Å². The Kier molecular flexibility index (Phi) is 5.29. The van der Waals surface area contributed by atoms with E-state index >= 15 is 0 Å². The highest BCUT2D eigenvalue weighted by molar-refractivity contribution is 5.79. The number of piperidine rings is 1. The van der Waals surface area contributed by atoms with Gasteiger partial charge in [0.05, 0.1) is 29.8 Å². The number of hydrogen-bond donors (Lipinski definition) is 0. The van der Waals surface area contributed by atoms with E-state index in [4.69, 9.17) is 4.74 Å². The maximum Gasteiger partial charge on any atom is 0.309 e. The average molecular weight is 361 g/mol. The van der Waals surface area contributed by atoms with Gasteiger partial charge in [-0.1, -0.05) is 0 Å². The monoisotopic (exact) mass is 361 g/mol. The number of benzene rings is 1. The van der Waals surface area contributed by atoms with E-state index in [9.17, 15) is 18.8 Å². The molecular weight excluding hydrogens is 341 g/mol. The first-order valence-electron chi connectivity index (χ1n) is 8.58. The molecule has 1 fully saturated rings. The molecule has 1 aromatic heterocycles. The molecule has 0 radical (unpaired) electrons. The SMILES string of the molecule is CCOC(=O)C1CCN(C(=O)Cn2cnc3cc(F)ccc3c2=O)CC1. The van der Waals surface area contributed by atoms with Gasteiger partial charge in [-0.3, -0.25) is 19.0 Å². The lowest BCUT2D eigenvalue weighted by Crippen LogP contribution is -2.43. The molecule has 0 spiro atoms. The van der Waals surface area contributed by atoms with Crippen LogP contribution in [0.5, 0.6) is 0 Å². The van der Waals surface area contributed by atoms with Crippen LogP contribution in [0.15, 0.2) is 29.3 Å². The lowest BCUT2D eigenvalue weighted by atomic mass is 9.97. The highest BCUT2D eigenvalue weighted by atomic mass is 19.1. The molecule has 0 atom stereocenters. The van der Waals surface area contributed by atoms with Crippen LogP contribution in [0.1, 0.15) is 19.8 Å². The molecule has 2 aromatic rings. The zero-order valence-corrected chi connectivity index (χ0v) is 14.5. The minimum Gasteiger partial charge on any atom is -0.466 e. The number of carbonyl (C=O) groups is 2. The molecule has 1 aromatic carbocycles. The zero-order valence-electron chi connectivity index (χ0n) is 14.5. The number of rotatable bonds is 4. The summed E-state index contributed by atoms with van der Waals surface area (Å²) in [5, 5.41) is 0.266. The second-order valence-corrected chi connectivity index (χ2v) is 6.25. The zero-order chi connectivity index (χ0) is 18.7. The van der Waals surface area contributed by atoms with E-state index in [-0.39, 0.29) is 40.8 Å². The Morgan fingerprint density at radius 3 is 2.73 bits per heavy atom. The van der Waals surface area contributed by atoms with Crippen LogP contribution in [0, 0.1) is 11.7 Å². The molecule has 1 amide bonds. The second kappa shape index (κ2) is 7.63. The summed E-state index contributed by atoms with van der Waals surface area (Å²) < 4.78 is 19.5. The van der Waals surface area contributed by atoms with Gasteiger partial charge in [0.25, 0.3) is 5.56 Å². The molecule has 26 heavy (non-hydrogen) atoms. The van der Waals surface area contributed by atoms with E-state index in [0.29, 0.717) is 32.5 Å². The number of halogens is 1. The van der Waals surface area contributed by atoms with Gasteiger partial charge in [-0.15, -0.1) is 0 Å². The predicted octanol–water partition coefficient (Wildman–Crippen LogP) is 1.34.